The molecular formula is C19H31N3O4S. The van der Waals surface area contributed by atoms with E-state index in [4.69, 9.17) is 0 Å². The molecule has 1 aromatic rings. The molecule has 1 saturated carbocycles. The van der Waals surface area contributed by atoms with Crippen LogP contribution in [-0.4, -0.2) is 61.5 Å². The Morgan fingerprint density at radius 3 is 2.33 bits per heavy atom. The predicted octanol–water partition coefficient (Wildman–Crippen LogP) is 2.57. The van der Waals surface area contributed by atoms with E-state index in [1.807, 2.05) is 13.8 Å². The van der Waals surface area contributed by atoms with Gasteiger partial charge < -0.3 is 15.3 Å². The molecule has 0 unspecified atom stereocenters. The molecule has 2 amide bonds. The molecule has 1 fully saturated rings. The van der Waals surface area contributed by atoms with Gasteiger partial charge in [-0.25, -0.2) is 13.2 Å². The fourth-order valence-electron chi connectivity index (χ4n) is 3.35. The van der Waals surface area contributed by atoms with Crippen molar-refractivity contribution < 1.29 is 18.3 Å². The second-order valence-electron chi connectivity index (χ2n) is 7.30. The molecule has 0 radical (unpaired) electrons. The number of nitrogens with zero attached hydrogens (tertiary/aromatic N) is 2. The molecule has 0 aliphatic heterocycles. The summed E-state index contributed by atoms with van der Waals surface area (Å²) >= 11 is 0. The van der Waals surface area contributed by atoms with Crippen LogP contribution < -0.4 is 5.32 Å². The summed E-state index contributed by atoms with van der Waals surface area (Å²) in [5.74, 6) is 0.313. The number of aliphatic hydroxyl groups is 1. The van der Waals surface area contributed by atoms with Gasteiger partial charge in [0, 0.05) is 32.4 Å². The van der Waals surface area contributed by atoms with Crippen LogP contribution >= 0.6 is 0 Å². The number of amides is 2. The molecule has 152 valence electrons. The van der Waals surface area contributed by atoms with E-state index in [-0.39, 0.29) is 17.0 Å². The highest BCUT2D eigenvalue weighted by Gasteiger charge is 2.29. The molecule has 2 N–H and O–H groups in total. The number of hydrogen-bond acceptors (Lipinski definition) is 4. The Kier molecular flexibility index (Phi) is 6.88. The Balaban J connectivity index is 2.21. The Morgan fingerprint density at radius 2 is 1.81 bits per heavy atom. The average molecular weight is 398 g/mol. The molecule has 1 aliphatic rings. The third-order valence-electron chi connectivity index (χ3n) is 5.32. The van der Waals surface area contributed by atoms with Crippen LogP contribution in [0.1, 0.15) is 37.8 Å². The van der Waals surface area contributed by atoms with Crippen LogP contribution in [0.3, 0.4) is 0 Å². The van der Waals surface area contributed by atoms with Crippen molar-refractivity contribution in [2.45, 2.75) is 51.5 Å². The van der Waals surface area contributed by atoms with Crippen LogP contribution in [0.25, 0.3) is 0 Å². The summed E-state index contributed by atoms with van der Waals surface area (Å²) in [6, 6.07) is 2.91. The van der Waals surface area contributed by atoms with Gasteiger partial charge in [0.15, 0.2) is 0 Å². The van der Waals surface area contributed by atoms with Gasteiger partial charge in [0.2, 0.25) is 10.0 Å². The zero-order chi connectivity index (χ0) is 20.4. The van der Waals surface area contributed by atoms with E-state index in [9.17, 15) is 18.3 Å². The van der Waals surface area contributed by atoms with E-state index in [1.54, 1.807) is 31.9 Å². The Bertz CT molecular complexity index is 784. The summed E-state index contributed by atoms with van der Waals surface area (Å²) in [6.07, 6.45) is 1.18. The largest absolute Gasteiger partial charge is 0.393 e. The van der Waals surface area contributed by atoms with Gasteiger partial charge in [-0.1, -0.05) is 13.8 Å². The highest BCUT2D eigenvalue weighted by atomic mass is 32.2. The van der Waals surface area contributed by atoms with Gasteiger partial charge in [-0.05, 0) is 55.9 Å². The maximum atomic E-state index is 12.8. The first-order valence-corrected chi connectivity index (χ1v) is 10.9. The SMILES string of the molecule is CCN(CC)S(=O)(=O)c1cc(C)c(C)c(NC(=O)N(C)CC2CC(O)C2)c1. The van der Waals surface area contributed by atoms with Crippen LogP contribution in [0.2, 0.25) is 0 Å². The van der Waals surface area contributed by atoms with E-state index in [2.05, 4.69) is 5.32 Å². The van der Waals surface area contributed by atoms with Gasteiger partial charge in [-0.15, -0.1) is 0 Å². The molecule has 1 aromatic carbocycles. The number of urea groups is 1. The summed E-state index contributed by atoms with van der Waals surface area (Å²) in [4.78, 5) is 14.3. The number of anilines is 1. The van der Waals surface area contributed by atoms with Crippen LogP contribution in [0.5, 0.6) is 0 Å². The van der Waals surface area contributed by atoms with E-state index in [1.165, 1.54) is 10.4 Å². The number of aliphatic hydroxyl groups excluding tert-OH is 1. The summed E-state index contributed by atoms with van der Waals surface area (Å²) in [7, 11) is -1.89. The van der Waals surface area contributed by atoms with E-state index in [0.29, 0.717) is 44.1 Å². The molecule has 2 rings (SSSR count). The minimum absolute atomic E-state index is 0.189. The van der Waals surface area contributed by atoms with E-state index >= 15 is 0 Å². The van der Waals surface area contributed by atoms with Crippen molar-refractivity contribution in [1.82, 2.24) is 9.21 Å². The van der Waals surface area contributed by atoms with Crippen molar-refractivity contribution >= 4 is 21.7 Å². The lowest BCUT2D eigenvalue weighted by atomic mass is 9.82. The predicted molar refractivity (Wildman–Crippen MR) is 106 cm³/mol. The normalized spacial score (nSPS) is 19.7. The quantitative estimate of drug-likeness (QED) is 0.740. The van der Waals surface area contributed by atoms with Crippen LogP contribution in [0, 0.1) is 19.8 Å². The molecule has 0 aromatic heterocycles. The summed E-state index contributed by atoms with van der Waals surface area (Å²) in [6.45, 7) is 8.66. The number of rotatable bonds is 7. The number of carbonyl (C=O) groups excluding carboxylic acids is 1. The molecule has 8 heteroatoms. The van der Waals surface area contributed by atoms with E-state index < -0.39 is 10.0 Å². The van der Waals surface area contributed by atoms with Gasteiger partial charge >= 0.3 is 6.03 Å². The highest BCUT2D eigenvalue weighted by molar-refractivity contribution is 7.89. The van der Waals surface area contributed by atoms with Crippen molar-refractivity contribution in [3.05, 3.63) is 23.3 Å². The van der Waals surface area contributed by atoms with Crippen molar-refractivity contribution in [3.8, 4) is 0 Å². The molecule has 0 atom stereocenters. The topological polar surface area (TPSA) is 90.0 Å². The minimum atomic E-state index is -3.60. The van der Waals surface area contributed by atoms with Crippen molar-refractivity contribution in [2.24, 2.45) is 5.92 Å². The van der Waals surface area contributed by atoms with Crippen LogP contribution in [0.4, 0.5) is 10.5 Å². The van der Waals surface area contributed by atoms with Gasteiger partial charge in [0.05, 0.1) is 11.0 Å². The third-order valence-corrected chi connectivity index (χ3v) is 7.34. The summed E-state index contributed by atoms with van der Waals surface area (Å²) < 4.78 is 27.1. The lowest BCUT2D eigenvalue weighted by Gasteiger charge is -2.34. The molecule has 0 spiro atoms. The fraction of sp³-hybridized carbons (Fsp3) is 0.632. The maximum absolute atomic E-state index is 12.8. The Labute approximate surface area is 162 Å². The van der Waals surface area contributed by atoms with Gasteiger partial charge in [0.25, 0.3) is 0 Å². The third kappa shape index (κ3) is 4.80. The zero-order valence-corrected chi connectivity index (χ0v) is 17.6. The standard InChI is InChI=1S/C19H31N3O4S/c1-6-22(7-2)27(25,26)17-8-13(3)14(4)18(11-17)20-19(24)21(5)12-15-9-16(23)10-15/h8,11,15-16,23H,6-7,9-10,12H2,1-5H3,(H,20,24). The average Bonchev–Trinajstić information content (AvgIpc) is 2.57. The first-order chi connectivity index (χ1) is 12.6. The maximum Gasteiger partial charge on any atom is 0.321 e. The zero-order valence-electron chi connectivity index (χ0n) is 16.8. The van der Waals surface area contributed by atoms with E-state index in [0.717, 1.165) is 11.1 Å². The second kappa shape index (κ2) is 8.58. The van der Waals surface area contributed by atoms with Crippen LogP contribution in [0.15, 0.2) is 17.0 Å². The number of benzene rings is 1. The number of nitrogens with one attached hydrogen (secondary N) is 1. The van der Waals surface area contributed by atoms with Crippen molar-refractivity contribution in [1.29, 1.82) is 0 Å². The molecule has 7 nitrogen and oxygen atoms in total. The Morgan fingerprint density at radius 1 is 1.22 bits per heavy atom. The first kappa shape index (κ1) is 21.7. The first-order valence-electron chi connectivity index (χ1n) is 9.41. The van der Waals surface area contributed by atoms with Gasteiger partial charge in [-0.2, -0.15) is 4.31 Å². The Hall–Kier alpha value is -1.64. The lowest BCUT2D eigenvalue weighted by Crippen LogP contribution is -2.41. The van der Waals surface area contributed by atoms with Crippen molar-refractivity contribution in [3.63, 3.8) is 0 Å². The molecule has 27 heavy (non-hydrogen) atoms. The highest BCUT2D eigenvalue weighted by Crippen LogP contribution is 2.29. The number of aryl methyl sites for hydroxylation is 1. The number of sulfonamides is 1. The van der Waals surface area contributed by atoms with Gasteiger partial charge in [0.1, 0.15) is 0 Å². The summed E-state index contributed by atoms with van der Waals surface area (Å²) in [5.41, 5.74) is 2.16. The number of carbonyl (C=O) groups is 1. The smallest absolute Gasteiger partial charge is 0.321 e. The monoisotopic (exact) mass is 397 g/mol. The molecule has 0 saturated heterocycles. The second-order valence-corrected chi connectivity index (χ2v) is 9.24. The van der Waals surface area contributed by atoms with Gasteiger partial charge in [-0.3, -0.25) is 0 Å². The molecule has 1 aliphatic carbocycles. The molecule has 0 heterocycles. The lowest BCUT2D eigenvalue weighted by molar-refractivity contribution is 0.0332. The van der Waals surface area contributed by atoms with Crippen molar-refractivity contribution in [2.75, 3.05) is 32.0 Å². The molecular weight excluding hydrogens is 366 g/mol. The number of hydrogen-bond donors (Lipinski definition) is 2. The molecule has 0 bridgehead atoms. The van der Waals surface area contributed by atoms with Crippen LogP contribution in [-0.2, 0) is 10.0 Å². The summed E-state index contributed by atoms with van der Waals surface area (Å²) in [5, 5.41) is 12.2. The minimum Gasteiger partial charge on any atom is -0.393 e. The fourth-order valence-corrected chi connectivity index (χ4v) is 4.92.